The molecule has 7 heteroatoms. The molecule has 1 aliphatic rings. The van der Waals surface area contributed by atoms with E-state index in [1.807, 2.05) is 25.7 Å². The lowest BCUT2D eigenvalue weighted by atomic mass is 9.88. The van der Waals surface area contributed by atoms with Gasteiger partial charge in [-0.05, 0) is 56.4 Å². The molecule has 0 spiro atoms. The van der Waals surface area contributed by atoms with E-state index >= 15 is 0 Å². The molecule has 1 aromatic carbocycles. The van der Waals surface area contributed by atoms with Crippen molar-refractivity contribution in [1.82, 2.24) is 15.5 Å². The van der Waals surface area contributed by atoms with Gasteiger partial charge in [-0.1, -0.05) is 13.8 Å². The van der Waals surface area contributed by atoms with Crippen molar-refractivity contribution in [3.8, 4) is 5.75 Å². The molecule has 1 aliphatic heterocycles. The molecule has 29 heavy (non-hydrogen) atoms. The summed E-state index contributed by atoms with van der Waals surface area (Å²) >= 11 is 0. The van der Waals surface area contributed by atoms with Gasteiger partial charge >= 0.3 is 0 Å². The summed E-state index contributed by atoms with van der Waals surface area (Å²) < 4.78 is 5.13. The molecule has 0 aromatic heterocycles. The number of hydrogen-bond donors (Lipinski definition) is 2. The highest BCUT2D eigenvalue weighted by Gasteiger charge is 2.34. The van der Waals surface area contributed by atoms with Crippen molar-refractivity contribution in [1.29, 1.82) is 0 Å². The number of nitrogens with zero attached hydrogens (tertiary/aromatic N) is 1. The predicted molar refractivity (Wildman–Crippen MR) is 112 cm³/mol. The van der Waals surface area contributed by atoms with Gasteiger partial charge in [0.15, 0.2) is 0 Å². The fourth-order valence-electron chi connectivity index (χ4n) is 3.50. The van der Waals surface area contributed by atoms with Gasteiger partial charge in [0.1, 0.15) is 11.8 Å². The number of methoxy groups -OCH3 is 1. The maximum atomic E-state index is 12.9. The van der Waals surface area contributed by atoms with E-state index in [0.717, 1.165) is 6.42 Å². The number of piperidine rings is 1. The Labute approximate surface area is 173 Å². The maximum absolute atomic E-state index is 12.9. The molecule has 0 unspecified atom stereocenters. The van der Waals surface area contributed by atoms with E-state index in [0.29, 0.717) is 43.7 Å². The number of ether oxygens (including phenoxy) is 1. The zero-order valence-corrected chi connectivity index (χ0v) is 17.9. The van der Waals surface area contributed by atoms with E-state index in [1.165, 1.54) is 0 Å². The molecule has 0 aliphatic carbocycles. The van der Waals surface area contributed by atoms with Crippen LogP contribution < -0.4 is 15.4 Å². The summed E-state index contributed by atoms with van der Waals surface area (Å²) in [6, 6.07) is 6.21. The lowest BCUT2D eigenvalue weighted by molar-refractivity contribution is -0.132. The summed E-state index contributed by atoms with van der Waals surface area (Å²) in [5.74, 6) is 0.333. The Hall–Kier alpha value is -2.57. The fourth-order valence-corrected chi connectivity index (χ4v) is 3.50. The predicted octanol–water partition coefficient (Wildman–Crippen LogP) is 2.36. The maximum Gasteiger partial charge on any atom is 0.251 e. The number of carbonyl (C=O) groups is 3. The first kappa shape index (κ1) is 22.7. The topological polar surface area (TPSA) is 87.7 Å². The lowest BCUT2D eigenvalue weighted by Gasteiger charge is -2.36. The zero-order chi connectivity index (χ0) is 21.4. The van der Waals surface area contributed by atoms with Crippen molar-refractivity contribution in [2.24, 2.45) is 5.92 Å². The van der Waals surface area contributed by atoms with Crippen molar-refractivity contribution < 1.29 is 19.1 Å². The van der Waals surface area contributed by atoms with E-state index in [9.17, 15) is 14.4 Å². The first-order valence-electron chi connectivity index (χ1n) is 10.4. The van der Waals surface area contributed by atoms with Gasteiger partial charge in [0.05, 0.1) is 7.11 Å². The average Bonchev–Trinajstić information content (AvgIpc) is 2.76. The van der Waals surface area contributed by atoms with Crippen LogP contribution in [0.25, 0.3) is 0 Å². The van der Waals surface area contributed by atoms with Crippen molar-refractivity contribution in [2.45, 2.75) is 58.5 Å². The Kier molecular flexibility index (Phi) is 8.49. The molecule has 2 N–H and O–H groups in total. The van der Waals surface area contributed by atoms with E-state index in [-0.39, 0.29) is 29.7 Å². The Morgan fingerprint density at radius 3 is 2.24 bits per heavy atom. The molecule has 2 atom stereocenters. The minimum atomic E-state index is -0.627. The molecule has 0 bridgehead atoms. The quantitative estimate of drug-likeness (QED) is 0.698. The van der Waals surface area contributed by atoms with E-state index in [2.05, 4.69) is 10.6 Å². The molecule has 2 rings (SSSR count). The zero-order valence-electron chi connectivity index (χ0n) is 17.9. The van der Waals surface area contributed by atoms with Crippen LogP contribution in [-0.4, -0.2) is 54.9 Å². The van der Waals surface area contributed by atoms with E-state index < -0.39 is 6.04 Å². The average molecular weight is 404 g/mol. The third-order valence-electron chi connectivity index (χ3n) is 5.59. The SMILES string of the molecule is CCC(=O)N1CCC([C@@H](NC(=O)c2ccc(OC)cc2)C(=O)N[C@@H](C)CC)CC1. The molecule has 1 aromatic rings. The first-order valence-corrected chi connectivity index (χ1v) is 10.4. The summed E-state index contributed by atoms with van der Waals surface area (Å²) in [6.07, 6.45) is 2.67. The highest BCUT2D eigenvalue weighted by Crippen LogP contribution is 2.22. The highest BCUT2D eigenvalue weighted by molar-refractivity contribution is 5.97. The Morgan fingerprint density at radius 1 is 1.10 bits per heavy atom. The smallest absolute Gasteiger partial charge is 0.251 e. The van der Waals surface area contributed by atoms with Crippen molar-refractivity contribution >= 4 is 17.7 Å². The number of hydrogen-bond acceptors (Lipinski definition) is 4. The van der Waals surface area contributed by atoms with Crippen LogP contribution in [0.1, 0.15) is 56.8 Å². The Morgan fingerprint density at radius 2 is 1.72 bits per heavy atom. The number of nitrogens with one attached hydrogen (secondary N) is 2. The third-order valence-corrected chi connectivity index (χ3v) is 5.59. The number of likely N-dealkylation sites (tertiary alicyclic amines) is 1. The molecule has 160 valence electrons. The Bertz CT molecular complexity index is 697. The van der Waals surface area contributed by atoms with Crippen LogP contribution in [0.4, 0.5) is 0 Å². The molecule has 0 radical (unpaired) electrons. The Balaban J connectivity index is 2.11. The molecule has 0 saturated carbocycles. The number of carbonyl (C=O) groups excluding carboxylic acids is 3. The van der Waals surface area contributed by atoms with Crippen molar-refractivity contribution in [2.75, 3.05) is 20.2 Å². The standard InChI is InChI=1S/C22H33N3O4/c1-5-15(3)23-22(28)20(16-11-13-25(14-12-16)19(26)6-2)24-21(27)17-7-9-18(29-4)10-8-17/h7-10,15-16,20H,5-6,11-14H2,1-4H3,(H,23,28)(H,24,27)/t15-,20+/m0/s1. The number of amides is 3. The molecule has 3 amide bonds. The van der Waals surface area contributed by atoms with Gasteiger partial charge in [-0.3, -0.25) is 14.4 Å². The summed E-state index contributed by atoms with van der Waals surface area (Å²) in [5.41, 5.74) is 0.478. The molecular formula is C22H33N3O4. The minimum absolute atomic E-state index is 0.0119. The summed E-state index contributed by atoms with van der Waals surface area (Å²) in [5, 5.41) is 5.93. The second-order valence-corrected chi connectivity index (χ2v) is 7.57. The number of benzene rings is 1. The van der Waals surface area contributed by atoms with Crippen LogP contribution >= 0.6 is 0 Å². The van der Waals surface area contributed by atoms with Gasteiger partial charge in [0.2, 0.25) is 11.8 Å². The van der Waals surface area contributed by atoms with Crippen LogP contribution in [0.2, 0.25) is 0 Å². The molecule has 1 heterocycles. The molecule has 7 nitrogen and oxygen atoms in total. The van der Waals surface area contributed by atoms with Crippen molar-refractivity contribution in [3.05, 3.63) is 29.8 Å². The van der Waals surface area contributed by atoms with Crippen LogP contribution in [0.15, 0.2) is 24.3 Å². The van der Waals surface area contributed by atoms with Crippen molar-refractivity contribution in [3.63, 3.8) is 0 Å². The second-order valence-electron chi connectivity index (χ2n) is 7.57. The van der Waals surface area contributed by atoms with Gasteiger partial charge in [-0.25, -0.2) is 0 Å². The second kappa shape index (κ2) is 10.8. The number of rotatable bonds is 8. The van der Waals surface area contributed by atoms with Crippen LogP contribution in [0.5, 0.6) is 5.75 Å². The summed E-state index contributed by atoms with van der Waals surface area (Å²) in [6.45, 7) is 7.03. The molecule has 1 saturated heterocycles. The van der Waals surface area contributed by atoms with Crippen LogP contribution in [0, 0.1) is 5.92 Å². The third kappa shape index (κ3) is 6.21. The van der Waals surface area contributed by atoms with Gasteiger partial charge in [-0.2, -0.15) is 0 Å². The fraction of sp³-hybridized carbons (Fsp3) is 0.591. The van der Waals surface area contributed by atoms with E-state index in [1.54, 1.807) is 31.4 Å². The molecular weight excluding hydrogens is 370 g/mol. The van der Waals surface area contributed by atoms with Crippen LogP contribution in [0.3, 0.4) is 0 Å². The van der Waals surface area contributed by atoms with Gasteiger partial charge in [0, 0.05) is 31.1 Å². The van der Waals surface area contributed by atoms with Gasteiger partial charge in [-0.15, -0.1) is 0 Å². The lowest BCUT2D eigenvalue weighted by Crippen LogP contribution is -2.55. The van der Waals surface area contributed by atoms with Gasteiger partial charge < -0.3 is 20.3 Å². The van der Waals surface area contributed by atoms with Gasteiger partial charge in [0.25, 0.3) is 5.91 Å². The normalized spacial score (nSPS) is 16.6. The molecule has 1 fully saturated rings. The monoisotopic (exact) mass is 403 g/mol. The summed E-state index contributed by atoms with van der Waals surface area (Å²) in [7, 11) is 1.57. The largest absolute Gasteiger partial charge is 0.497 e. The van der Waals surface area contributed by atoms with Crippen LogP contribution in [-0.2, 0) is 9.59 Å². The minimum Gasteiger partial charge on any atom is -0.497 e. The first-order chi connectivity index (χ1) is 13.9. The highest BCUT2D eigenvalue weighted by atomic mass is 16.5. The van der Waals surface area contributed by atoms with E-state index in [4.69, 9.17) is 4.74 Å². The summed E-state index contributed by atoms with van der Waals surface area (Å²) in [4.78, 5) is 39.5.